The summed E-state index contributed by atoms with van der Waals surface area (Å²) in [7, 11) is 0. The minimum Gasteiger partial charge on any atom is -0.353 e. The van der Waals surface area contributed by atoms with E-state index >= 15 is 0 Å². The smallest absolute Gasteiger partial charge is 0.290 e. The quantitative estimate of drug-likeness (QED) is 0.325. The van der Waals surface area contributed by atoms with Crippen LogP contribution in [0.4, 0.5) is 5.69 Å². The van der Waals surface area contributed by atoms with Crippen molar-refractivity contribution < 1.29 is 14.5 Å². The van der Waals surface area contributed by atoms with Crippen molar-refractivity contribution in [3.8, 4) is 11.3 Å². The van der Waals surface area contributed by atoms with Gasteiger partial charge in [0.1, 0.15) is 5.69 Å². The minimum atomic E-state index is -0.571. The van der Waals surface area contributed by atoms with Gasteiger partial charge in [0.2, 0.25) is 5.91 Å². The van der Waals surface area contributed by atoms with E-state index in [2.05, 4.69) is 25.8 Å². The molecule has 2 amide bonds. The Labute approximate surface area is 184 Å². The van der Waals surface area contributed by atoms with E-state index in [9.17, 15) is 19.7 Å². The molecule has 4 aromatic rings. The number of para-hydroxylation sites is 1. The molecule has 0 spiro atoms. The van der Waals surface area contributed by atoms with Crippen LogP contribution in [0.5, 0.6) is 0 Å². The summed E-state index contributed by atoms with van der Waals surface area (Å²) in [6, 6.07) is 15.3. The number of rotatable bonds is 4. The van der Waals surface area contributed by atoms with Gasteiger partial charge in [0, 0.05) is 34.0 Å². The summed E-state index contributed by atoms with van der Waals surface area (Å²) in [5.74, 6) is -0.516. The van der Waals surface area contributed by atoms with Crippen molar-refractivity contribution in [3.05, 3.63) is 70.4 Å². The van der Waals surface area contributed by atoms with Crippen molar-refractivity contribution in [2.45, 2.75) is 0 Å². The first-order valence-corrected chi connectivity index (χ1v) is 10.4. The Morgan fingerprint density at radius 1 is 1.16 bits per heavy atom. The van der Waals surface area contributed by atoms with Crippen molar-refractivity contribution in [1.29, 1.82) is 0 Å². The molecule has 1 saturated heterocycles. The molecule has 1 fully saturated rings. The van der Waals surface area contributed by atoms with E-state index in [1.165, 1.54) is 23.9 Å². The van der Waals surface area contributed by atoms with Gasteiger partial charge in [-0.15, -0.1) is 5.10 Å². The predicted molar refractivity (Wildman–Crippen MR) is 121 cm³/mol. The highest BCUT2D eigenvalue weighted by Crippen LogP contribution is 2.33. The Morgan fingerprint density at radius 3 is 2.78 bits per heavy atom. The zero-order valence-electron chi connectivity index (χ0n) is 16.3. The van der Waals surface area contributed by atoms with Crippen LogP contribution >= 0.6 is 11.8 Å². The van der Waals surface area contributed by atoms with Crippen LogP contribution in [0.25, 0.3) is 33.1 Å². The molecule has 0 atom stereocenters. The Balaban J connectivity index is 1.65. The number of nitrogens with one attached hydrogen (secondary N) is 3. The minimum absolute atomic E-state index is 0.0798. The van der Waals surface area contributed by atoms with Crippen molar-refractivity contribution in [2.24, 2.45) is 5.10 Å². The first-order valence-electron chi connectivity index (χ1n) is 9.46. The number of pyridine rings is 1. The van der Waals surface area contributed by atoms with Crippen LogP contribution in [0.2, 0.25) is 0 Å². The van der Waals surface area contributed by atoms with Crippen LogP contribution in [-0.4, -0.2) is 37.6 Å². The maximum absolute atomic E-state index is 12.8. The van der Waals surface area contributed by atoms with Gasteiger partial charge in [-0.1, -0.05) is 42.1 Å². The number of carbonyl (C=O) groups excluding carboxylic acids is 2. The average molecular weight is 446 g/mol. The normalized spacial score (nSPS) is 14.8. The molecule has 3 N–H and O–H groups in total. The molecule has 0 saturated carbocycles. The molecular weight excluding hydrogens is 432 g/mol. The van der Waals surface area contributed by atoms with Gasteiger partial charge in [-0.05, 0) is 12.1 Å². The number of aromatic nitrogens is 2. The molecule has 0 bridgehead atoms. The Bertz CT molecular complexity index is 1460. The topological polar surface area (TPSA) is 142 Å². The molecule has 2 aromatic heterocycles. The number of hydrazone groups is 1. The molecule has 1 aliphatic heterocycles. The molecule has 5 rings (SSSR count). The predicted octanol–water partition coefficient (Wildman–Crippen LogP) is 3.16. The van der Waals surface area contributed by atoms with Crippen molar-refractivity contribution in [1.82, 2.24) is 20.7 Å². The number of benzene rings is 2. The van der Waals surface area contributed by atoms with Crippen LogP contribution in [0.1, 0.15) is 10.5 Å². The van der Waals surface area contributed by atoms with Crippen LogP contribution < -0.4 is 10.7 Å². The average Bonchev–Trinajstić information content (AvgIpc) is 3.40. The number of amides is 2. The number of carbonyl (C=O) groups is 2. The number of fused-ring (bicyclic) bond motifs is 3. The van der Waals surface area contributed by atoms with Crippen LogP contribution in [0, 0.1) is 10.1 Å². The lowest BCUT2D eigenvalue weighted by atomic mass is 10.1. The third-order valence-electron chi connectivity index (χ3n) is 4.90. The lowest BCUT2D eigenvalue weighted by Crippen LogP contribution is -2.25. The van der Waals surface area contributed by atoms with E-state index in [4.69, 9.17) is 0 Å². The van der Waals surface area contributed by atoms with Gasteiger partial charge in [0.25, 0.3) is 11.6 Å². The van der Waals surface area contributed by atoms with Gasteiger partial charge in [0.05, 0.1) is 21.9 Å². The fraction of sp³-hybridized carbons (Fsp3) is 0.0476. The summed E-state index contributed by atoms with van der Waals surface area (Å²) in [6.07, 6.45) is 0. The fourth-order valence-corrected chi connectivity index (χ4v) is 4.12. The molecule has 3 heterocycles. The summed E-state index contributed by atoms with van der Waals surface area (Å²) in [4.78, 5) is 42.7. The second-order valence-electron chi connectivity index (χ2n) is 6.95. The molecule has 2 aromatic carbocycles. The summed E-state index contributed by atoms with van der Waals surface area (Å²) in [5, 5.41) is 19.7. The Hall–Kier alpha value is -4.25. The SMILES string of the molecule is O=C1CS/C(=N\NC(=O)c2cc3c([nH]c4ccccc43)c(-c3cccc([N+](=O)[O-])c3)n2)N1. The molecule has 0 radical (unpaired) electrons. The fourth-order valence-electron chi connectivity index (χ4n) is 3.48. The molecule has 158 valence electrons. The van der Waals surface area contributed by atoms with Gasteiger partial charge in [-0.25, -0.2) is 10.4 Å². The molecule has 10 nitrogen and oxygen atoms in total. The number of hydrogen-bond donors (Lipinski definition) is 3. The van der Waals surface area contributed by atoms with Crippen molar-refractivity contribution in [2.75, 3.05) is 5.75 Å². The van der Waals surface area contributed by atoms with Gasteiger partial charge in [-0.2, -0.15) is 0 Å². The lowest BCUT2D eigenvalue weighted by molar-refractivity contribution is -0.384. The first-order chi connectivity index (χ1) is 15.5. The number of aromatic amines is 1. The van der Waals surface area contributed by atoms with E-state index in [1.807, 2.05) is 24.3 Å². The highest BCUT2D eigenvalue weighted by molar-refractivity contribution is 8.15. The van der Waals surface area contributed by atoms with E-state index in [1.54, 1.807) is 18.2 Å². The second-order valence-corrected chi connectivity index (χ2v) is 7.92. The number of thioether (sulfide) groups is 1. The van der Waals surface area contributed by atoms with Crippen LogP contribution in [0.15, 0.2) is 59.7 Å². The number of nitro benzene ring substituents is 1. The standard InChI is InChI=1S/C21H14N6O4S/c28-17-10-32-21(24-17)26-25-20(29)16-9-14-13-6-1-2-7-15(13)22-19(14)18(23-16)11-4-3-5-12(8-11)27(30)31/h1-9,22H,10H2,(H,25,29)(H,24,26,28). The molecule has 11 heteroatoms. The van der Waals surface area contributed by atoms with E-state index < -0.39 is 10.8 Å². The van der Waals surface area contributed by atoms with E-state index in [0.717, 1.165) is 16.3 Å². The first kappa shape index (κ1) is 19.7. The van der Waals surface area contributed by atoms with Gasteiger partial charge < -0.3 is 10.3 Å². The van der Waals surface area contributed by atoms with Gasteiger partial charge in [-0.3, -0.25) is 19.7 Å². The molecule has 0 unspecified atom stereocenters. The number of H-pyrrole nitrogens is 1. The number of nitrogens with zero attached hydrogens (tertiary/aromatic N) is 3. The largest absolute Gasteiger partial charge is 0.353 e. The van der Waals surface area contributed by atoms with Crippen LogP contribution in [0.3, 0.4) is 0 Å². The molecule has 0 aliphatic carbocycles. The third kappa shape index (κ3) is 3.54. The monoisotopic (exact) mass is 446 g/mol. The Kier molecular flexibility index (Phi) is 4.79. The number of non-ortho nitro benzene ring substituents is 1. The highest BCUT2D eigenvalue weighted by atomic mass is 32.2. The zero-order valence-corrected chi connectivity index (χ0v) is 17.1. The number of amidine groups is 1. The summed E-state index contributed by atoms with van der Waals surface area (Å²) < 4.78 is 0. The summed E-state index contributed by atoms with van der Waals surface area (Å²) in [5.41, 5.74) is 4.82. The maximum Gasteiger partial charge on any atom is 0.290 e. The summed E-state index contributed by atoms with van der Waals surface area (Å²) >= 11 is 1.18. The Morgan fingerprint density at radius 2 is 2.00 bits per heavy atom. The lowest BCUT2D eigenvalue weighted by Gasteiger charge is -2.07. The van der Waals surface area contributed by atoms with E-state index in [0.29, 0.717) is 21.9 Å². The molecular formula is C21H14N6O4S. The number of nitro groups is 1. The number of hydrogen-bond acceptors (Lipinski definition) is 7. The van der Waals surface area contributed by atoms with Crippen molar-refractivity contribution >= 4 is 56.2 Å². The van der Waals surface area contributed by atoms with E-state index in [-0.39, 0.29) is 23.0 Å². The second kappa shape index (κ2) is 7.78. The molecule has 32 heavy (non-hydrogen) atoms. The van der Waals surface area contributed by atoms with Crippen molar-refractivity contribution in [3.63, 3.8) is 0 Å². The highest BCUT2D eigenvalue weighted by Gasteiger charge is 2.20. The maximum atomic E-state index is 12.8. The van der Waals surface area contributed by atoms with Crippen LogP contribution in [-0.2, 0) is 4.79 Å². The third-order valence-corrected chi connectivity index (χ3v) is 5.78. The summed E-state index contributed by atoms with van der Waals surface area (Å²) in [6.45, 7) is 0. The van der Waals surface area contributed by atoms with Gasteiger partial charge >= 0.3 is 0 Å². The van der Waals surface area contributed by atoms with Gasteiger partial charge in [0.15, 0.2) is 5.17 Å². The zero-order chi connectivity index (χ0) is 22.2. The molecule has 1 aliphatic rings.